The van der Waals surface area contributed by atoms with Crippen LogP contribution < -0.4 is 11.0 Å². The van der Waals surface area contributed by atoms with Crippen LogP contribution in [0.4, 0.5) is 5.95 Å². The minimum atomic E-state index is -0.110. The zero-order valence-electron chi connectivity index (χ0n) is 11.6. The SMILES string of the molecule is CCCCc1c(C)nc(N/N=C/c2ccco2)[nH]c1=O. The van der Waals surface area contributed by atoms with Crippen LogP contribution in [0.2, 0.25) is 0 Å². The van der Waals surface area contributed by atoms with Crippen molar-refractivity contribution in [1.29, 1.82) is 0 Å². The Morgan fingerprint density at radius 2 is 2.40 bits per heavy atom. The van der Waals surface area contributed by atoms with Crippen molar-refractivity contribution in [2.24, 2.45) is 5.10 Å². The Bertz CT molecular complexity index is 629. The lowest BCUT2D eigenvalue weighted by Gasteiger charge is -2.05. The molecule has 0 saturated heterocycles. The summed E-state index contributed by atoms with van der Waals surface area (Å²) in [5, 5.41) is 3.96. The van der Waals surface area contributed by atoms with E-state index >= 15 is 0 Å². The molecular weight excluding hydrogens is 256 g/mol. The summed E-state index contributed by atoms with van der Waals surface area (Å²) in [6, 6.07) is 3.55. The molecule has 106 valence electrons. The van der Waals surface area contributed by atoms with Gasteiger partial charge < -0.3 is 4.42 Å². The number of H-pyrrole nitrogens is 1. The molecule has 2 aromatic heterocycles. The van der Waals surface area contributed by atoms with Crippen molar-refractivity contribution in [2.75, 3.05) is 5.43 Å². The van der Waals surface area contributed by atoms with Gasteiger partial charge in [0.15, 0.2) is 0 Å². The van der Waals surface area contributed by atoms with Gasteiger partial charge in [-0.1, -0.05) is 13.3 Å². The summed E-state index contributed by atoms with van der Waals surface area (Å²) in [5.41, 5.74) is 4.06. The van der Waals surface area contributed by atoms with E-state index in [1.54, 1.807) is 18.4 Å². The number of rotatable bonds is 6. The summed E-state index contributed by atoms with van der Waals surface area (Å²) >= 11 is 0. The molecule has 2 heterocycles. The fourth-order valence-corrected chi connectivity index (χ4v) is 1.83. The summed E-state index contributed by atoms with van der Waals surface area (Å²) in [7, 11) is 0. The largest absolute Gasteiger partial charge is 0.463 e. The van der Waals surface area contributed by atoms with E-state index < -0.39 is 0 Å². The van der Waals surface area contributed by atoms with Gasteiger partial charge in [0.2, 0.25) is 5.95 Å². The van der Waals surface area contributed by atoms with Crippen LogP contribution in [0.3, 0.4) is 0 Å². The van der Waals surface area contributed by atoms with Crippen LogP contribution in [0, 0.1) is 6.92 Å². The monoisotopic (exact) mass is 274 g/mol. The smallest absolute Gasteiger partial charge is 0.255 e. The van der Waals surface area contributed by atoms with Crippen molar-refractivity contribution < 1.29 is 4.42 Å². The van der Waals surface area contributed by atoms with Gasteiger partial charge in [0.05, 0.1) is 12.5 Å². The maximum Gasteiger partial charge on any atom is 0.255 e. The number of unbranched alkanes of at least 4 members (excludes halogenated alkanes) is 1. The van der Waals surface area contributed by atoms with Gasteiger partial charge >= 0.3 is 0 Å². The highest BCUT2D eigenvalue weighted by Crippen LogP contribution is 2.06. The van der Waals surface area contributed by atoms with Crippen LogP contribution in [0.5, 0.6) is 0 Å². The Kier molecular flexibility index (Phi) is 4.70. The van der Waals surface area contributed by atoms with Gasteiger partial charge in [-0.3, -0.25) is 9.78 Å². The third kappa shape index (κ3) is 3.57. The summed E-state index contributed by atoms with van der Waals surface area (Å²) in [6.45, 7) is 3.93. The minimum Gasteiger partial charge on any atom is -0.463 e. The van der Waals surface area contributed by atoms with E-state index in [0.29, 0.717) is 11.7 Å². The highest BCUT2D eigenvalue weighted by atomic mass is 16.3. The first-order chi connectivity index (χ1) is 9.70. The number of aromatic amines is 1. The lowest BCUT2D eigenvalue weighted by atomic mass is 10.1. The maximum atomic E-state index is 12.0. The number of anilines is 1. The van der Waals surface area contributed by atoms with Gasteiger partial charge in [-0.2, -0.15) is 5.10 Å². The average Bonchev–Trinajstić information content (AvgIpc) is 2.91. The van der Waals surface area contributed by atoms with Gasteiger partial charge in [0.1, 0.15) is 5.76 Å². The highest BCUT2D eigenvalue weighted by Gasteiger charge is 2.07. The Morgan fingerprint density at radius 1 is 1.55 bits per heavy atom. The number of nitrogens with one attached hydrogen (secondary N) is 2. The number of hydrogen-bond acceptors (Lipinski definition) is 5. The molecule has 0 saturated carbocycles. The molecule has 0 aliphatic heterocycles. The number of aryl methyl sites for hydroxylation is 1. The van der Waals surface area contributed by atoms with Crippen LogP contribution in [0.25, 0.3) is 0 Å². The second kappa shape index (κ2) is 6.70. The molecule has 2 aromatic rings. The molecule has 2 rings (SSSR count). The lowest BCUT2D eigenvalue weighted by molar-refractivity contribution is 0.560. The van der Waals surface area contributed by atoms with Crippen LogP contribution in [-0.2, 0) is 6.42 Å². The Morgan fingerprint density at radius 3 is 3.05 bits per heavy atom. The van der Waals surface area contributed by atoms with E-state index in [2.05, 4.69) is 27.4 Å². The minimum absolute atomic E-state index is 0.110. The molecule has 0 radical (unpaired) electrons. The molecule has 0 aliphatic rings. The molecule has 6 nitrogen and oxygen atoms in total. The van der Waals surface area contributed by atoms with Crippen LogP contribution in [-0.4, -0.2) is 16.2 Å². The molecule has 0 aliphatic carbocycles. The number of nitrogens with zero attached hydrogens (tertiary/aromatic N) is 2. The van der Waals surface area contributed by atoms with E-state index in [1.165, 1.54) is 6.21 Å². The predicted octanol–water partition coefficient (Wildman–Crippen LogP) is 2.46. The standard InChI is InChI=1S/C14H18N4O2/c1-3-4-7-12-10(2)16-14(17-13(12)19)18-15-9-11-6-5-8-20-11/h5-6,8-9H,3-4,7H2,1-2H3,(H2,16,17,18,19)/b15-9+. The molecule has 2 N–H and O–H groups in total. The number of hydrazone groups is 1. The maximum absolute atomic E-state index is 12.0. The average molecular weight is 274 g/mol. The van der Waals surface area contributed by atoms with Crippen LogP contribution >= 0.6 is 0 Å². The second-order valence-corrected chi connectivity index (χ2v) is 4.47. The van der Waals surface area contributed by atoms with Crippen LogP contribution in [0.15, 0.2) is 32.7 Å². The molecule has 0 spiro atoms. The molecule has 0 fully saturated rings. The predicted molar refractivity (Wildman–Crippen MR) is 78.1 cm³/mol. The third-order valence-corrected chi connectivity index (χ3v) is 2.91. The zero-order chi connectivity index (χ0) is 14.4. The summed E-state index contributed by atoms with van der Waals surface area (Å²) in [6.07, 6.45) is 5.86. The summed E-state index contributed by atoms with van der Waals surface area (Å²) in [4.78, 5) is 18.9. The van der Waals surface area contributed by atoms with E-state index in [4.69, 9.17) is 4.42 Å². The van der Waals surface area contributed by atoms with Crippen molar-refractivity contribution in [3.8, 4) is 0 Å². The van der Waals surface area contributed by atoms with E-state index in [-0.39, 0.29) is 5.56 Å². The first kappa shape index (κ1) is 14.0. The Balaban J connectivity index is 2.08. The van der Waals surface area contributed by atoms with Gasteiger partial charge in [-0.05, 0) is 31.9 Å². The fourth-order valence-electron chi connectivity index (χ4n) is 1.83. The van der Waals surface area contributed by atoms with E-state index in [0.717, 1.165) is 30.5 Å². The Labute approximate surface area is 116 Å². The van der Waals surface area contributed by atoms with Gasteiger partial charge in [-0.25, -0.2) is 10.4 Å². The van der Waals surface area contributed by atoms with Crippen molar-refractivity contribution in [1.82, 2.24) is 9.97 Å². The molecule has 0 aromatic carbocycles. The zero-order valence-corrected chi connectivity index (χ0v) is 11.6. The molecule has 0 amide bonds. The number of furan rings is 1. The van der Waals surface area contributed by atoms with E-state index in [1.807, 2.05) is 6.92 Å². The molecule has 0 bridgehead atoms. The second-order valence-electron chi connectivity index (χ2n) is 4.47. The summed E-state index contributed by atoms with van der Waals surface area (Å²) in [5.74, 6) is 0.951. The van der Waals surface area contributed by atoms with Crippen molar-refractivity contribution in [2.45, 2.75) is 33.1 Å². The highest BCUT2D eigenvalue weighted by molar-refractivity contribution is 5.76. The molecule has 0 atom stereocenters. The van der Waals surface area contributed by atoms with E-state index in [9.17, 15) is 4.79 Å². The molecular formula is C14H18N4O2. The van der Waals surface area contributed by atoms with Gasteiger partial charge in [0, 0.05) is 11.3 Å². The van der Waals surface area contributed by atoms with Crippen molar-refractivity contribution >= 4 is 12.2 Å². The van der Waals surface area contributed by atoms with Gasteiger partial charge in [0.25, 0.3) is 5.56 Å². The van der Waals surface area contributed by atoms with Gasteiger partial charge in [-0.15, -0.1) is 0 Å². The third-order valence-electron chi connectivity index (χ3n) is 2.91. The number of aromatic nitrogens is 2. The van der Waals surface area contributed by atoms with Crippen LogP contribution in [0.1, 0.15) is 36.8 Å². The fraction of sp³-hybridized carbons (Fsp3) is 0.357. The first-order valence-electron chi connectivity index (χ1n) is 6.63. The molecule has 20 heavy (non-hydrogen) atoms. The molecule has 6 heteroatoms. The quantitative estimate of drug-likeness (QED) is 0.626. The van der Waals surface area contributed by atoms with Crippen molar-refractivity contribution in [3.63, 3.8) is 0 Å². The Hall–Kier alpha value is -2.37. The number of hydrogen-bond donors (Lipinski definition) is 2. The van der Waals surface area contributed by atoms with Crippen molar-refractivity contribution in [3.05, 3.63) is 45.8 Å². The topological polar surface area (TPSA) is 83.3 Å². The first-order valence-corrected chi connectivity index (χ1v) is 6.63. The summed E-state index contributed by atoms with van der Waals surface area (Å²) < 4.78 is 5.10. The normalized spacial score (nSPS) is 11.1. The lowest BCUT2D eigenvalue weighted by Crippen LogP contribution is -2.18. The molecule has 0 unspecified atom stereocenters.